The second-order valence-electron chi connectivity index (χ2n) is 3.21. The summed E-state index contributed by atoms with van der Waals surface area (Å²) < 4.78 is 5.40. The normalized spacial score (nSPS) is 9.69. The third kappa shape index (κ3) is 3.32. The molecule has 1 aromatic rings. The summed E-state index contributed by atoms with van der Waals surface area (Å²) in [6, 6.07) is 8.16. The fourth-order valence-corrected chi connectivity index (χ4v) is 1.26. The van der Waals surface area contributed by atoms with Gasteiger partial charge in [-0.2, -0.15) is 0 Å². The molecule has 1 nitrogen and oxygen atoms in total. The van der Waals surface area contributed by atoms with Gasteiger partial charge in [-0.25, -0.2) is 0 Å². The summed E-state index contributed by atoms with van der Waals surface area (Å²) in [5.74, 6) is 0.946. The largest absolute Gasteiger partial charge is 0.494 e. The van der Waals surface area contributed by atoms with Gasteiger partial charge in [0.05, 0.1) is 6.61 Å². The lowest BCUT2D eigenvalue weighted by Crippen LogP contribution is -1.92. The van der Waals surface area contributed by atoms with E-state index >= 15 is 0 Å². The Morgan fingerprint density at radius 1 is 1.46 bits per heavy atom. The molecule has 0 unspecified atom stereocenters. The van der Waals surface area contributed by atoms with E-state index in [0.717, 1.165) is 18.8 Å². The molecule has 0 amide bonds. The van der Waals surface area contributed by atoms with Gasteiger partial charge in [0, 0.05) is 0 Å². The predicted octanol–water partition coefficient (Wildman–Crippen LogP) is 3.20. The summed E-state index contributed by atoms with van der Waals surface area (Å²) in [4.78, 5) is 0. The minimum Gasteiger partial charge on any atom is -0.494 e. The minimum absolute atomic E-state index is 0.719. The van der Waals surface area contributed by atoms with Crippen molar-refractivity contribution >= 4 is 0 Å². The molecular formula is C12H16O. The molecule has 1 rings (SSSR count). The Kier molecular flexibility index (Phi) is 3.56. The summed E-state index contributed by atoms with van der Waals surface area (Å²) in [7, 11) is 0. The van der Waals surface area contributed by atoms with E-state index in [0.29, 0.717) is 0 Å². The van der Waals surface area contributed by atoms with Crippen molar-refractivity contribution in [1.29, 1.82) is 0 Å². The molecule has 0 aliphatic carbocycles. The topological polar surface area (TPSA) is 9.23 Å². The lowest BCUT2D eigenvalue weighted by atomic mass is 10.1. The Hall–Kier alpha value is -1.24. The predicted molar refractivity (Wildman–Crippen MR) is 56.1 cm³/mol. The highest BCUT2D eigenvalue weighted by Gasteiger charge is 1.95. The van der Waals surface area contributed by atoms with Gasteiger partial charge in [-0.05, 0) is 38.0 Å². The third-order valence-electron chi connectivity index (χ3n) is 1.72. The quantitative estimate of drug-likeness (QED) is 0.640. The first-order valence-corrected chi connectivity index (χ1v) is 4.58. The molecule has 0 aliphatic heterocycles. The van der Waals surface area contributed by atoms with Gasteiger partial charge in [0.25, 0.3) is 0 Å². The average molecular weight is 176 g/mol. The maximum Gasteiger partial charge on any atom is 0.119 e. The van der Waals surface area contributed by atoms with Gasteiger partial charge < -0.3 is 4.74 Å². The van der Waals surface area contributed by atoms with Crippen LogP contribution in [-0.2, 0) is 6.42 Å². The van der Waals surface area contributed by atoms with Crippen LogP contribution in [0, 0.1) is 0 Å². The van der Waals surface area contributed by atoms with Gasteiger partial charge in [0.2, 0.25) is 0 Å². The second-order valence-corrected chi connectivity index (χ2v) is 3.21. The van der Waals surface area contributed by atoms with Gasteiger partial charge in [0.15, 0.2) is 0 Å². The maximum atomic E-state index is 5.40. The van der Waals surface area contributed by atoms with Crippen molar-refractivity contribution in [2.75, 3.05) is 6.61 Å². The molecule has 70 valence electrons. The van der Waals surface area contributed by atoms with E-state index in [4.69, 9.17) is 4.74 Å². The van der Waals surface area contributed by atoms with Crippen molar-refractivity contribution in [1.82, 2.24) is 0 Å². The fourth-order valence-electron chi connectivity index (χ4n) is 1.26. The van der Waals surface area contributed by atoms with E-state index in [-0.39, 0.29) is 0 Å². The summed E-state index contributed by atoms with van der Waals surface area (Å²) in [5.41, 5.74) is 2.44. The van der Waals surface area contributed by atoms with Gasteiger partial charge >= 0.3 is 0 Å². The molecule has 1 heteroatoms. The smallest absolute Gasteiger partial charge is 0.119 e. The van der Waals surface area contributed by atoms with Gasteiger partial charge in [-0.3, -0.25) is 0 Å². The number of benzene rings is 1. The van der Waals surface area contributed by atoms with Crippen molar-refractivity contribution in [3.63, 3.8) is 0 Å². The number of rotatable bonds is 4. The highest BCUT2D eigenvalue weighted by atomic mass is 16.5. The first-order chi connectivity index (χ1) is 6.22. The van der Waals surface area contributed by atoms with Crippen LogP contribution in [0.2, 0.25) is 0 Å². The molecule has 0 saturated carbocycles. The van der Waals surface area contributed by atoms with Crippen molar-refractivity contribution in [2.24, 2.45) is 0 Å². The minimum atomic E-state index is 0.719. The molecule has 0 aromatic heterocycles. The lowest BCUT2D eigenvalue weighted by molar-refractivity contribution is 0.340. The molecule has 0 heterocycles. The molecule has 0 saturated heterocycles. The van der Waals surface area contributed by atoms with Crippen LogP contribution >= 0.6 is 0 Å². The monoisotopic (exact) mass is 176 g/mol. The molecule has 0 spiro atoms. The molecular weight excluding hydrogens is 160 g/mol. The van der Waals surface area contributed by atoms with Crippen molar-refractivity contribution in [3.05, 3.63) is 42.0 Å². The zero-order chi connectivity index (χ0) is 9.68. The van der Waals surface area contributed by atoms with E-state index in [1.54, 1.807) is 0 Å². The summed E-state index contributed by atoms with van der Waals surface area (Å²) in [6.45, 7) is 8.63. The highest BCUT2D eigenvalue weighted by molar-refractivity contribution is 5.30. The number of allylic oxidation sites excluding steroid dienone is 1. The fraction of sp³-hybridized carbons (Fsp3) is 0.333. The summed E-state index contributed by atoms with van der Waals surface area (Å²) in [6.07, 6.45) is 0.931. The van der Waals surface area contributed by atoms with Crippen LogP contribution < -0.4 is 4.74 Å². The van der Waals surface area contributed by atoms with Crippen LogP contribution in [-0.4, -0.2) is 6.61 Å². The average Bonchev–Trinajstić information content (AvgIpc) is 2.04. The molecule has 0 bridgehead atoms. The van der Waals surface area contributed by atoms with E-state index in [2.05, 4.69) is 18.7 Å². The zero-order valence-electron chi connectivity index (χ0n) is 8.34. The molecule has 0 N–H and O–H groups in total. The molecule has 0 atom stereocenters. The second kappa shape index (κ2) is 4.70. The van der Waals surface area contributed by atoms with Gasteiger partial charge in [0.1, 0.15) is 5.75 Å². The van der Waals surface area contributed by atoms with Crippen LogP contribution in [0.25, 0.3) is 0 Å². The lowest BCUT2D eigenvalue weighted by Gasteiger charge is -2.05. The number of ether oxygens (including phenoxy) is 1. The molecule has 13 heavy (non-hydrogen) atoms. The Morgan fingerprint density at radius 3 is 2.85 bits per heavy atom. The molecule has 0 aliphatic rings. The number of hydrogen-bond acceptors (Lipinski definition) is 1. The first kappa shape index (κ1) is 9.85. The Balaban J connectivity index is 2.73. The van der Waals surface area contributed by atoms with Gasteiger partial charge in [-0.15, -0.1) is 0 Å². The standard InChI is InChI=1S/C12H16O/c1-4-13-12-7-5-6-11(9-12)8-10(2)3/h5-7,9H,2,4,8H2,1,3H3. The van der Waals surface area contributed by atoms with Crippen LogP contribution in [0.3, 0.4) is 0 Å². The highest BCUT2D eigenvalue weighted by Crippen LogP contribution is 2.15. The Bertz CT molecular complexity index is 289. The molecule has 1 aromatic carbocycles. The SMILES string of the molecule is C=C(C)Cc1cccc(OCC)c1. The van der Waals surface area contributed by atoms with E-state index in [1.807, 2.05) is 26.0 Å². The summed E-state index contributed by atoms with van der Waals surface area (Å²) >= 11 is 0. The van der Waals surface area contributed by atoms with Crippen LogP contribution in [0.1, 0.15) is 19.4 Å². The van der Waals surface area contributed by atoms with Crippen molar-refractivity contribution in [2.45, 2.75) is 20.3 Å². The van der Waals surface area contributed by atoms with E-state index in [1.165, 1.54) is 11.1 Å². The number of hydrogen-bond donors (Lipinski definition) is 0. The third-order valence-corrected chi connectivity index (χ3v) is 1.72. The van der Waals surface area contributed by atoms with Crippen molar-refractivity contribution < 1.29 is 4.74 Å². The van der Waals surface area contributed by atoms with Crippen molar-refractivity contribution in [3.8, 4) is 5.75 Å². The van der Waals surface area contributed by atoms with E-state index < -0.39 is 0 Å². The molecule has 0 radical (unpaired) electrons. The van der Waals surface area contributed by atoms with Crippen LogP contribution in [0.4, 0.5) is 0 Å². The Morgan fingerprint density at radius 2 is 2.23 bits per heavy atom. The Labute approximate surface area is 80.0 Å². The van der Waals surface area contributed by atoms with E-state index in [9.17, 15) is 0 Å². The summed E-state index contributed by atoms with van der Waals surface area (Å²) in [5, 5.41) is 0. The maximum absolute atomic E-state index is 5.40. The van der Waals surface area contributed by atoms with Gasteiger partial charge in [-0.1, -0.05) is 24.3 Å². The van der Waals surface area contributed by atoms with Crippen LogP contribution in [0.5, 0.6) is 5.75 Å². The zero-order valence-corrected chi connectivity index (χ0v) is 8.34. The first-order valence-electron chi connectivity index (χ1n) is 4.58. The molecule has 0 fully saturated rings. The van der Waals surface area contributed by atoms with Crippen LogP contribution in [0.15, 0.2) is 36.4 Å².